The van der Waals surface area contributed by atoms with Crippen LogP contribution in [-0.2, 0) is 16.1 Å². The zero-order valence-electron chi connectivity index (χ0n) is 19.7. The van der Waals surface area contributed by atoms with Crippen LogP contribution in [0.25, 0.3) is 0 Å². The number of anilines is 1. The van der Waals surface area contributed by atoms with E-state index in [2.05, 4.69) is 62.6 Å². The summed E-state index contributed by atoms with van der Waals surface area (Å²) < 4.78 is 6.39. The van der Waals surface area contributed by atoms with Gasteiger partial charge in [0.1, 0.15) is 0 Å². The molecule has 1 atom stereocenters. The molecule has 2 aromatic rings. The quantitative estimate of drug-likeness (QED) is 0.691. The van der Waals surface area contributed by atoms with Crippen molar-refractivity contribution in [3.05, 3.63) is 47.3 Å². The number of carbonyl (C=O) groups is 1. The number of nitrogens with zero attached hydrogens (tertiary/aromatic N) is 3. The molecule has 0 saturated carbocycles. The van der Waals surface area contributed by atoms with Crippen LogP contribution in [0.1, 0.15) is 49.6 Å². The normalized spacial score (nSPS) is 21.2. The van der Waals surface area contributed by atoms with Crippen molar-refractivity contribution < 1.29 is 9.53 Å². The van der Waals surface area contributed by atoms with Gasteiger partial charge in [-0.2, -0.15) is 5.10 Å². The van der Waals surface area contributed by atoms with Gasteiger partial charge in [0.05, 0.1) is 29.2 Å². The lowest BCUT2D eigenvalue weighted by molar-refractivity contribution is -0.137. The summed E-state index contributed by atoms with van der Waals surface area (Å²) in [5.74, 6) is 0.0256. The molecule has 2 saturated heterocycles. The summed E-state index contributed by atoms with van der Waals surface area (Å²) >= 11 is 0. The van der Waals surface area contributed by atoms with Crippen LogP contribution in [0.4, 0.5) is 5.69 Å². The van der Waals surface area contributed by atoms with Gasteiger partial charge >= 0.3 is 0 Å². The molecule has 2 aliphatic rings. The number of likely N-dealkylation sites (N-methyl/N-ethyl adjacent to an activating group) is 1. The van der Waals surface area contributed by atoms with E-state index >= 15 is 0 Å². The highest BCUT2D eigenvalue weighted by Gasteiger charge is 2.41. The highest BCUT2D eigenvalue weighted by molar-refractivity contribution is 5.93. The first-order chi connectivity index (χ1) is 15.5. The minimum atomic E-state index is -0.0439. The highest BCUT2D eigenvalue weighted by Crippen LogP contribution is 2.37. The summed E-state index contributed by atoms with van der Waals surface area (Å²) in [6, 6.07) is 11.1. The maximum atomic E-state index is 12.8. The van der Waals surface area contributed by atoms with Crippen molar-refractivity contribution in [2.45, 2.75) is 64.6 Å². The Hall–Kier alpha value is -2.22. The molecule has 4 rings (SSSR count). The standard InChI is InChI=1S/C25H37N5O2/c1-4-30(18-23(31)26-24-19(2)27-28-20(24)3)22-10-15-32-25(16-22)11-13-29(14-12-25)17-21-8-6-5-7-9-21/h5-9,22H,4,10-18H2,1-3H3,(H,26,31)(H,27,28)/t22-/m0/s1. The number of piperidine rings is 1. The van der Waals surface area contributed by atoms with Crippen LogP contribution >= 0.6 is 0 Å². The number of likely N-dealkylation sites (tertiary alicyclic amines) is 1. The topological polar surface area (TPSA) is 73.5 Å². The van der Waals surface area contributed by atoms with Gasteiger partial charge in [-0.05, 0) is 51.6 Å². The van der Waals surface area contributed by atoms with E-state index in [0.717, 1.165) is 75.5 Å². The number of aromatic nitrogens is 2. The molecule has 2 aliphatic heterocycles. The van der Waals surface area contributed by atoms with E-state index in [1.165, 1.54) is 5.56 Å². The third-order valence-corrected chi connectivity index (χ3v) is 7.15. The number of aromatic amines is 1. The van der Waals surface area contributed by atoms with Gasteiger partial charge in [0.2, 0.25) is 5.91 Å². The maximum Gasteiger partial charge on any atom is 0.238 e. The van der Waals surface area contributed by atoms with E-state index in [0.29, 0.717) is 12.6 Å². The average Bonchev–Trinajstić information content (AvgIpc) is 3.12. The molecular formula is C25H37N5O2. The van der Waals surface area contributed by atoms with Gasteiger partial charge in [0.25, 0.3) is 0 Å². The number of hydrogen-bond acceptors (Lipinski definition) is 5. The Labute approximate surface area is 191 Å². The van der Waals surface area contributed by atoms with E-state index in [9.17, 15) is 4.79 Å². The minimum absolute atomic E-state index is 0.0256. The molecule has 1 amide bonds. The Morgan fingerprint density at radius 2 is 2.03 bits per heavy atom. The Balaban J connectivity index is 1.31. The van der Waals surface area contributed by atoms with E-state index < -0.39 is 0 Å². The zero-order chi connectivity index (χ0) is 22.6. The van der Waals surface area contributed by atoms with Gasteiger partial charge < -0.3 is 10.1 Å². The fraction of sp³-hybridized carbons (Fsp3) is 0.600. The lowest BCUT2D eigenvalue weighted by Gasteiger charge is -2.48. The molecule has 7 heteroatoms. The Kier molecular flexibility index (Phi) is 7.28. The number of carbonyl (C=O) groups excluding carboxylic acids is 1. The number of H-pyrrole nitrogens is 1. The first kappa shape index (κ1) is 23.0. The number of rotatable bonds is 7. The third kappa shape index (κ3) is 5.39. The second-order valence-electron chi connectivity index (χ2n) is 9.36. The van der Waals surface area contributed by atoms with E-state index in [-0.39, 0.29) is 11.5 Å². The molecule has 0 unspecified atom stereocenters. The number of hydrogen-bond donors (Lipinski definition) is 2. The first-order valence-corrected chi connectivity index (χ1v) is 11.9. The lowest BCUT2D eigenvalue weighted by atomic mass is 9.81. The van der Waals surface area contributed by atoms with E-state index in [1.54, 1.807) is 0 Å². The SMILES string of the molecule is CCN(CC(=O)Nc1c(C)n[nH]c1C)[C@H]1CCOC2(CCN(Cc3ccccc3)CC2)C1. The molecule has 1 spiro atoms. The molecule has 174 valence electrons. The van der Waals surface area contributed by atoms with Crippen molar-refractivity contribution in [2.75, 3.05) is 38.1 Å². The Morgan fingerprint density at radius 1 is 1.28 bits per heavy atom. The summed E-state index contributed by atoms with van der Waals surface area (Å²) in [7, 11) is 0. The largest absolute Gasteiger partial charge is 0.375 e. The summed E-state index contributed by atoms with van der Waals surface area (Å²) in [5.41, 5.74) is 3.85. The van der Waals surface area contributed by atoms with Crippen molar-refractivity contribution in [3.63, 3.8) is 0 Å². The molecule has 0 bridgehead atoms. The number of ether oxygens (including phenoxy) is 1. The maximum absolute atomic E-state index is 12.8. The molecule has 0 radical (unpaired) electrons. The van der Waals surface area contributed by atoms with Gasteiger partial charge in [-0.25, -0.2) is 0 Å². The second kappa shape index (κ2) is 10.1. The van der Waals surface area contributed by atoms with Gasteiger partial charge in [0.15, 0.2) is 0 Å². The Bertz CT molecular complexity index is 869. The van der Waals surface area contributed by atoms with Crippen molar-refractivity contribution >= 4 is 11.6 Å². The fourth-order valence-corrected chi connectivity index (χ4v) is 5.22. The van der Waals surface area contributed by atoms with Gasteiger partial charge in [0, 0.05) is 32.3 Å². The number of amides is 1. The van der Waals surface area contributed by atoms with Crippen molar-refractivity contribution in [2.24, 2.45) is 0 Å². The van der Waals surface area contributed by atoms with Crippen LogP contribution in [0.15, 0.2) is 30.3 Å². The number of aryl methyl sites for hydroxylation is 2. The van der Waals surface area contributed by atoms with Crippen LogP contribution in [0.5, 0.6) is 0 Å². The first-order valence-electron chi connectivity index (χ1n) is 11.9. The third-order valence-electron chi connectivity index (χ3n) is 7.15. The molecule has 3 heterocycles. The second-order valence-corrected chi connectivity index (χ2v) is 9.36. The van der Waals surface area contributed by atoms with Gasteiger partial charge in [-0.3, -0.25) is 19.7 Å². The summed E-state index contributed by atoms with van der Waals surface area (Å²) in [6.07, 6.45) is 4.12. The minimum Gasteiger partial charge on any atom is -0.375 e. The predicted molar refractivity (Wildman–Crippen MR) is 127 cm³/mol. The molecule has 7 nitrogen and oxygen atoms in total. The monoisotopic (exact) mass is 439 g/mol. The van der Waals surface area contributed by atoms with Gasteiger partial charge in [-0.1, -0.05) is 37.3 Å². The molecule has 1 aromatic carbocycles. The fourth-order valence-electron chi connectivity index (χ4n) is 5.22. The summed E-state index contributed by atoms with van der Waals surface area (Å²) in [6.45, 7) is 11.2. The smallest absolute Gasteiger partial charge is 0.238 e. The van der Waals surface area contributed by atoms with Crippen LogP contribution in [0, 0.1) is 13.8 Å². The van der Waals surface area contributed by atoms with Crippen LogP contribution < -0.4 is 5.32 Å². The Morgan fingerprint density at radius 3 is 2.69 bits per heavy atom. The van der Waals surface area contributed by atoms with Crippen molar-refractivity contribution in [1.82, 2.24) is 20.0 Å². The van der Waals surface area contributed by atoms with Crippen LogP contribution in [-0.4, -0.2) is 70.3 Å². The van der Waals surface area contributed by atoms with Crippen molar-refractivity contribution in [1.29, 1.82) is 0 Å². The van der Waals surface area contributed by atoms with E-state index in [1.807, 2.05) is 13.8 Å². The molecular weight excluding hydrogens is 402 g/mol. The number of nitrogens with one attached hydrogen (secondary N) is 2. The molecule has 1 aromatic heterocycles. The predicted octanol–water partition coefficient (Wildman–Crippen LogP) is 3.50. The summed E-state index contributed by atoms with van der Waals surface area (Å²) in [5, 5.41) is 10.2. The molecule has 32 heavy (non-hydrogen) atoms. The average molecular weight is 440 g/mol. The highest BCUT2D eigenvalue weighted by atomic mass is 16.5. The van der Waals surface area contributed by atoms with Crippen LogP contribution in [0.3, 0.4) is 0 Å². The lowest BCUT2D eigenvalue weighted by Crippen LogP contribution is -2.54. The van der Waals surface area contributed by atoms with Crippen molar-refractivity contribution in [3.8, 4) is 0 Å². The zero-order valence-corrected chi connectivity index (χ0v) is 19.7. The summed E-state index contributed by atoms with van der Waals surface area (Å²) in [4.78, 5) is 17.6. The molecule has 0 aliphatic carbocycles. The molecule has 2 fully saturated rings. The van der Waals surface area contributed by atoms with E-state index in [4.69, 9.17) is 4.74 Å². The van der Waals surface area contributed by atoms with Gasteiger partial charge in [-0.15, -0.1) is 0 Å². The molecule has 2 N–H and O–H groups in total. The number of benzene rings is 1. The van der Waals surface area contributed by atoms with Crippen LogP contribution in [0.2, 0.25) is 0 Å².